The summed E-state index contributed by atoms with van der Waals surface area (Å²) in [6, 6.07) is 8.24. The van der Waals surface area contributed by atoms with Gasteiger partial charge in [0.15, 0.2) is 0 Å². The average Bonchev–Trinajstić information content (AvgIpc) is 3.21. The van der Waals surface area contributed by atoms with E-state index in [4.69, 9.17) is 0 Å². The number of carbonyl (C=O) groups is 1. The number of amides is 1. The minimum Gasteiger partial charge on any atom is -0.312 e. The number of thiophene rings is 1. The first-order chi connectivity index (χ1) is 10.8. The van der Waals surface area contributed by atoms with E-state index in [9.17, 15) is 10.1 Å². The zero-order chi connectivity index (χ0) is 15.1. The van der Waals surface area contributed by atoms with Crippen molar-refractivity contribution in [2.24, 2.45) is 0 Å². The smallest absolute Gasteiger partial charge is 0.256 e. The lowest BCUT2D eigenvalue weighted by Crippen LogP contribution is -2.12. The maximum atomic E-state index is 12.5. The van der Waals surface area contributed by atoms with Gasteiger partial charge in [-0.15, -0.1) is 11.3 Å². The van der Waals surface area contributed by atoms with Crippen LogP contribution in [0.25, 0.3) is 0 Å². The van der Waals surface area contributed by atoms with Crippen LogP contribution in [0.4, 0.5) is 5.00 Å². The second-order valence-corrected chi connectivity index (χ2v) is 7.07. The molecule has 2 aliphatic rings. The van der Waals surface area contributed by atoms with Gasteiger partial charge in [0.05, 0.1) is 5.56 Å². The number of aryl methyl sites for hydroxylation is 3. The number of anilines is 1. The van der Waals surface area contributed by atoms with Gasteiger partial charge in [0.2, 0.25) is 0 Å². The molecule has 1 heterocycles. The summed E-state index contributed by atoms with van der Waals surface area (Å²) >= 11 is 1.57. The highest BCUT2D eigenvalue weighted by Gasteiger charge is 2.23. The van der Waals surface area contributed by atoms with Gasteiger partial charge in [0.1, 0.15) is 11.1 Å². The largest absolute Gasteiger partial charge is 0.312 e. The highest BCUT2D eigenvalue weighted by Crippen LogP contribution is 2.38. The first kappa shape index (κ1) is 13.5. The van der Waals surface area contributed by atoms with E-state index < -0.39 is 0 Å². The number of nitriles is 1. The number of benzene rings is 1. The van der Waals surface area contributed by atoms with E-state index in [0.29, 0.717) is 11.1 Å². The van der Waals surface area contributed by atoms with Crippen molar-refractivity contribution in [1.82, 2.24) is 0 Å². The molecular formula is C18H16N2OS. The van der Waals surface area contributed by atoms with Gasteiger partial charge in [-0.05, 0) is 67.3 Å². The molecule has 0 bridgehead atoms. The Morgan fingerprint density at radius 3 is 2.82 bits per heavy atom. The van der Waals surface area contributed by atoms with Crippen LogP contribution in [0.2, 0.25) is 0 Å². The maximum absolute atomic E-state index is 12.5. The maximum Gasteiger partial charge on any atom is 0.256 e. The van der Waals surface area contributed by atoms with Crippen molar-refractivity contribution >= 4 is 22.2 Å². The molecule has 0 radical (unpaired) electrons. The number of carbonyl (C=O) groups excluding carboxylic acids is 1. The Bertz CT molecular complexity index is 813. The third-order valence-electron chi connectivity index (χ3n) is 4.62. The van der Waals surface area contributed by atoms with Gasteiger partial charge in [-0.3, -0.25) is 4.79 Å². The van der Waals surface area contributed by atoms with E-state index >= 15 is 0 Å². The SMILES string of the molecule is N#Cc1c(NC(=O)c2ccc3c(c2)CCC3)sc2c1CCC2. The molecule has 0 aliphatic heterocycles. The van der Waals surface area contributed by atoms with Gasteiger partial charge >= 0.3 is 0 Å². The summed E-state index contributed by atoms with van der Waals surface area (Å²) in [7, 11) is 0. The lowest BCUT2D eigenvalue weighted by molar-refractivity contribution is 0.102. The van der Waals surface area contributed by atoms with Gasteiger partial charge in [-0.2, -0.15) is 5.26 Å². The molecule has 1 aromatic heterocycles. The Labute approximate surface area is 133 Å². The van der Waals surface area contributed by atoms with Crippen LogP contribution < -0.4 is 5.32 Å². The highest BCUT2D eigenvalue weighted by atomic mass is 32.1. The van der Waals surface area contributed by atoms with Gasteiger partial charge < -0.3 is 5.32 Å². The summed E-state index contributed by atoms with van der Waals surface area (Å²) in [5.41, 5.74) is 5.17. The summed E-state index contributed by atoms with van der Waals surface area (Å²) in [5, 5.41) is 13.1. The molecule has 0 fully saturated rings. The van der Waals surface area contributed by atoms with Gasteiger partial charge in [-0.1, -0.05) is 6.07 Å². The second kappa shape index (κ2) is 5.26. The van der Waals surface area contributed by atoms with E-state index in [1.807, 2.05) is 12.1 Å². The van der Waals surface area contributed by atoms with Crippen molar-refractivity contribution in [1.29, 1.82) is 5.26 Å². The van der Waals surface area contributed by atoms with Crippen LogP contribution in [-0.4, -0.2) is 5.91 Å². The number of nitrogens with zero attached hydrogens (tertiary/aromatic N) is 1. The van der Waals surface area contributed by atoms with Gasteiger partial charge in [-0.25, -0.2) is 0 Å². The third-order valence-corrected chi connectivity index (χ3v) is 5.83. The van der Waals surface area contributed by atoms with Crippen LogP contribution >= 0.6 is 11.3 Å². The molecule has 2 aromatic rings. The van der Waals surface area contributed by atoms with Crippen LogP contribution in [0.1, 0.15) is 50.3 Å². The zero-order valence-electron chi connectivity index (χ0n) is 12.2. The number of rotatable bonds is 2. The van der Waals surface area contributed by atoms with Crippen LogP contribution in [-0.2, 0) is 25.7 Å². The molecule has 3 nitrogen and oxygen atoms in total. The Morgan fingerprint density at radius 2 is 1.95 bits per heavy atom. The highest BCUT2D eigenvalue weighted by molar-refractivity contribution is 7.16. The third kappa shape index (κ3) is 2.13. The van der Waals surface area contributed by atoms with Crippen molar-refractivity contribution in [3.05, 3.63) is 50.9 Å². The molecule has 1 aromatic carbocycles. The Morgan fingerprint density at radius 1 is 1.14 bits per heavy atom. The molecule has 4 rings (SSSR count). The fraction of sp³-hybridized carbons (Fsp3) is 0.333. The summed E-state index contributed by atoms with van der Waals surface area (Å²) in [6.45, 7) is 0. The topological polar surface area (TPSA) is 52.9 Å². The average molecular weight is 308 g/mol. The number of hydrogen-bond acceptors (Lipinski definition) is 3. The monoisotopic (exact) mass is 308 g/mol. The molecule has 110 valence electrons. The van der Waals surface area contributed by atoms with Crippen molar-refractivity contribution in [2.45, 2.75) is 38.5 Å². The summed E-state index contributed by atoms with van der Waals surface area (Å²) in [6.07, 6.45) is 6.47. The van der Waals surface area contributed by atoms with Gasteiger partial charge in [0, 0.05) is 10.4 Å². The first-order valence-electron chi connectivity index (χ1n) is 7.74. The quantitative estimate of drug-likeness (QED) is 0.916. The standard InChI is InChI=1S/C18H16N2OS/c19-10-15-14-5-2-6-16(14)22-18(15)20-17(21)13-8-7-11-3-1-4-12(11)9-13/h7-9H,1-6H2,(H,20,21). The summed E-state index contributed by atoms with van der Waals surface area (Å²) in [4.78, 5) is 13.8. The first-order valence-corrected chi connectivity index (χ1v) is 8.55. The Hall–Kier alpha value is -2.12. The van der Waals surface area contributed by atoms with Crippen LogP contribution in [0.5, 0.6) is 0 Å². The molecule has 0 atom stereocenters. The van der Waals surface area contributed by atoms with E-state index in [1.165, 1.54) is 22.4 Å². The van der Waals surface area contributed by atoms with Crippen LogP contribution in [0.15, 0.2) is 18.2 Å². The summed E-state index contributed by atoms with van der Waals surface area (Å²) < 4.78 is 0. The van der Waals surface area contributed by atoms with E-state index in [1.54, 1.807) is 11.3 Å². The zero-order valence-corrected chi connectivity index (χ0v) is 13.1. The van der Waals surface area contributed by atoms with E-state index in [0.717, 1.165) is 42.7 Å². The minimum absolute atomic E-state index is 0.105. The molecule has 2 aliphatic carbocycles. The van der Waals surface area contributed by atoms with Crippen molar-refractivity contribution in [3.63, 3.8) is 0 Å². The Balaban J connectivity index is 1.62. The van der Waals surface area contributed by atoms with E-state index in [-0.39, 0.29) is 5.91 Å². The van der Waals surface area contributed by atoms with E-state index in [2.05, 4.69) is 17.5 Å². The molecule has 1 amide bonds. The van der Waals surface area contributed by atoms with Gasteiger partial charge in [0.25, 0.3) is 5.91 Å². The molecule has 0 saturated carbocycles. The second-order valence-electron chi connectivity index (χ2n) is 5.96. The summed E-state index contributed by atoms with van der Waals surface area (Å²) in [5.74, 6) is -0.105. The lowest BCUT2D eigenvalue weighted by atomic mass is 10.1. The number of fused-ring (bicyclic) bond motifs is 2. The number of hydrogen-bond donors (Lipinski definition) is 1. The minimum atomic E-state index is -0.105. The molecule has 0 unspecified atom stereocenters. The molecule has 0 saturated heterocycles. The lowest BCUT2D eigenvalue weighted by Gasteiger charge is -2.06. The predicted octanol–water partition coefficient (Wildman–Crippen LogP) is 3.85. The normalized spacial score (nSPS) is 15.2. The fourth-order valence-electron chi connectivity index (χ4n) is 3.50. The predicted molar refractivity (Wildman–Crippen MR) is 87.5 cm³/mol. The molecule has 22 heavy (non-hydrogen) atoms. The fourth-order valence-corrected chi connectivity index (χ4v) is 4.73. The molecule has 4 heteroatoms. The van der Waals surface area contributed by atoms with Crippen LogP contribution in [0, 0.1) is 11.3 Å². The van der Waals surface area contributed by atoms with Crippen molar-refractivity contribution < 1.29 is 4.79 Å². The van der Waals surface area contributed by atoms with Crippen LogP contribution in [0.3, 0.4) is 0 Å². The van der Waals surface area contributed by atoms with Crippen molar-refractivity contribution in [3.8, 4) is 6.07 Å². The van der Waals surface area contributed by atoms with Crippen molar-refractivity contribution in [2.75, 3.05) is 5.32 Å². The molecule has 0 spiro atoms. The number of nitrogens with one attached hydrogen (secondary N) is 1. The molecule has 1 N–H and O–H groups in total. The molecular weight excluding hydrogens is 292 g/mol. The Kier molecular flexibility index (Phi) is 3.24.